The van der Waals surface area contributed by atoms with Gasteiger partial charge in [0.2, 0.25) is 15.0 Å². The van der Waals surface area contributed by atoms with Crippen molar-refractivity contribution in [3.63, 3.8) is 0 Å². The van der Waals surface area contributed by atoms with Crippen molar-refractivity contribution in [2.24, 2.45) is 0 Å². The molecule has 0 saturated carbocycles. The van der Waals surface area contributed by atoms with Crippen LogP contribution in [0.4, 0.5) is 0 Å². The van der Waals surface area contributed by atoms with E-state index in [0.29, 0.717) is 40.3 Å². The van der Waals surface area contributed by atoms with Gasteiger partial charge in [-0.25, -0.2) is 18.2 Å². The fraction of sp³-hybridized carbons (Fsp3) is 0.222. The van der Waals surface area contributed by atoms with Crippen LogP contribution < -0.4 is 9.47 Å². The van der Waals surface area contributed by atoms with E-state index in [1.165, 1.54) is 10.6 Å². The van der Waals surface area contributed by atoms with Gasteiger partial charge in [-0.05, 0) is 24.3 Å². The van der Waals surface area contributed by atoms with E-state index in [0.717, 1.165) is 6.26 Å². The van der Waals surface area contributed by atoms with Gasteiger partial charge in [0, 0.05) is 22.5 Å². The second-order valence-electron chi connectivity index (χ2n) is 6.13. The lowest BCUT2D eigenvalue weighted by Crippen LogP contribution is -2.16. The van der Waals surface area contributed by atoms with Crippen LogP contribution in [0.5, 0.6) is 11.5 Å². The van der Waals surface area contributed by atoms with Crippen molar-refractivity contribution in [2.75, 3.05) is 19.5 Å². The minimum Gasteiger partial charge on any atom is -0.486 e. The molecule has 1 aliphatic rings. The second kappa shape index (κ2) is 7.10. The van der Waals surface area contributed by atoms with Crippen LogP contribution in [0.15, 0.2) is 46.2 Å². The maximum absolute atomic E-state index is 12.6. The number of esters is 1. The topological polar surface area (TPSA) is 96.2 Å². The zero-order chi connectivity index (χ0) is 19.9. The summed E-state index contributed by atoms with van der Waals surface area (Å²) >= 11 is 3.43. The molecule has 0 saturated heterocycles. The van der Waals surface area contributed by atoms with E-state index < -0.39 is 15.8 Å². The molecule has 1 aromatic carbocycles. The van der Waals surface area contributed by atoms with Gasteiger partial charge in [-0.15, -0.1) is 0 Å². The van der Waals surface area contributed by atoms with Gasteiger partial charge < -0.3 is 14.2 Å². The molecule has 0 unspecified atom stereocenters. The fourth-order valence-electron chi connectivity index (χ4n) is 2.85. The van der Waals surface area contributed by atoms with Crippen LogP contribution in [-0.4, -0.2) is 43.2 Å². The third-order valence-corrected chi connectivity index (χ3v) is 5.80. The third-order valence-electron chi connectivity index (χ3n) is 4.11. The summed E-state index contributed by atoms with van der Waals surface area (Å²) in [5.41, 5.74) is 0.980. The van der Waals surface area contributed by atoms with E-state index in [1.807, 2.05) is 0 Å². The average molecular weight is 467 g/mol. The highest BCUT2D eigenvalue weighted by atomic mass is 79.9. The zero-order valence-electron chi connectivity index (χ0n) is 14.7. The SMILES string of the molecule is CS(=O)(=O)c1nc(C(=O)OCc2cc3c(cc2Br)OCCO3)c2ccccn12. The van der Waals surface area contributed by atoms with Crippen LogP contribution in [0, 0.1) is 0 Å². The number of fused-ring (bicyclic) bond motifs is 2. The minimum absolute atomic E-state index is 0.0455. The predicted octanol–water partition coefficient (Wildman–Crippen LogP) is 2.63. The van der Waals surface area contributed by atoms with Crippen molar-refractivity contribution in [1.82, 2.24) is 9.38 Å². The molecule has 0 radical (unpaired) electrons. The maximum Gasteiger partial charge on any atom is 0.359 e. The van der Waals surface area contributed by atoms with Gasteiger partial charge in [0.15, 0.2) is 17.2 Å². The van der Waals surface area contributed by atoms with Crippen LogP contribution in [0.3, 0.4) is 0 Å². The van der Waals surface area contributed by atoms with Crippen molar-refractivity contribution < 1.29 is 27.4 Å². The summed E-state index contributed by atoms with van der Waals surface area (Å²) in [6, 6.07) is 8.45. The van der Waals surface area contributed by atoms with Crippen LogP contribution in [0.1, 0.15) is 16.1 Å². The highest BCUT2D eigenvalue weighted by Crippen LogP contribution is 2.36. The van der Waals surface area contributed by atoms with Crippen molar-refractivity contribution in [3.05, 3.63) is 52.3 Å². The van der Waals surface area contributed by atoms with Gasteiger partial charge in [-0.1, -0.05) is 22.0 Å². The lowest BCUT2D eigenvalue weighted by atomic mass is 10.2. The molecular weight excluding hydrogens is 452 g/mol. The summed E-state index contributed by atoms with van der Waals surface area (Å²) in [4.78, 5) is 16.6. The molecule has 3 aromatic rings. The fourth-order valence-corrected chi connectivity index (χ4v) is 4.06. The summed E-state index contributed by atoms with van der Waals surface area (Å²) in [6.45, 7) is 0.878. The Labute approximate surface area is 169 Å². The number of aromatic nitrogens is 2. The Morgan fingerprint density at radius 3 is 2.68 bits per heavy atom. The van der Waals surface area contributed by atoms with Crippen LogP contribution in [0.25, 0.3) is 5.52 Å². The second-order valence-corrected chi connectivity index (χ2v) is 8.90. The molecule has 1 aliphatic heterocycles. The van der Waals surface area contributed by atoms with Crippen LogP contribution in [-0.2, 0) is 21.2 Å². The van der Waals surface area contributed by atoms with E-state index in [1.54, 1.807) is 30.3 Å². The third kappa shape index (κ3) is 3.45. The molecule has 0 amide bonds. The number of sulfone groups is 1. The number of pyridine rings is 1. The molecule has 0 bridgehead atoms. The summed E-state index contributed by atoms with van der Waals surface area (Å²) in [7, 11) is -3.62. The summed E-state index contributed by atoms with van der Waals surface area (Å²) in [5.74, 6) is 0.471. The molecule has 0 N–H and O–H groups in total. The van der Waals surface area contributed by atoms with E-state index in [4.69, 9.17) is 14.2 Å². The smallest absolute Gasteiger partial charge is 0.359 e. The molecule has 0 atom stereocenters. The van der Waals surface area contributed by atoms with Gasteiger partial charge in [0.25, 0.3) is 0 Å². The molecule has 3 heterocycles. The number of nitrogens with zero attached hydrogens (tertiary/aromatic N) is 2. The van der Waals surface area contributed by atoms with Crippen molar-refractivity contribution in [1.29, 1.82) is 0 Å². The normalized spacial score (nSPS) is 13.5. The number of rotatable bonds is 4. The number of hydrogen-bond donors (Lipinski definition) is 0. The number of carbonyl (C=O) groups is 1. The Kier molecular flexibility index (Phi) is 4.76. The van der Waals surface area contributed by atoms with Crippen molar-refractivity contribution >= 4 is 37.3 Å². The lowest BCUT2D eigenvalue weighted by Gasteiger charge is -2.19. The highest BCUT2D eigenvalue weighted by molar-refractivity contribution is 9.10. The Hall–Kier alpha value is -2.59. The Balaban J connectivity index is 1.62. The number of imidazole rings is 1. The van der Waals surface area contributed by atoms with Gasteiger partial charge in [-0.2, -0.15) is 0 Å². The lowest BCUT2D eigenvalue weighted by molar-refractivity contribution is 0.0466. The van der Waals surface area contributed by atoms with Crippen LogP contribution in [0.2, 0.25) is 0 Å². The van der Waals surface area contributed by atoms with Gasteiger partial charge in [0.1, 0.15) is 19.8 Å². The molecule has 2 aromatic heterocycles. The van der Waals surface area contributed by atoms with E-state index in [-0.39, 0.29) is 17.5 Å². The quantitative estimate of drug-likeness (QED) is 0.545. The maximum atomic E-state index is 12.6. The Morgan fingerprint density at radius 2 is 1.96 bits per heavy atom. The van der Waals surface area contributed by atoms with Gasteiger partial charge >= 0.3 is 5.97 Å². The first-order valence-corrected chi connectivity index (χ1v) is 11.0. The molecular formula is C18H15BrN2O6S. The molecule has 8 nitrogen and oxygen atoms in total. The monoisotopic (exact) mass is 466 g/mol. The molecule has 146 valence electrons. The van der Waals surface area contributed by atoms with Crippen LogP contribution >= 0.6 is 15.9 Å². The van der Waals surface area contributed by atoms with Crippen molar-refractivity contribution in [3.8, 4) is 11.5 Å². The molecule has 0 fully saturated rings. The standard InChI is InChI=1S/C18H15BrN2O6S/c1-28(23,24)18-20-16(13-4-2-3-5-21(13)18)17(22)27-10-11-8-14-15(9-12(11)19)26-7-6-25-14/h2-5,8-9H,6-7,10H2,1H3. The number of benzene rings is 1. The van der Waals surface area contributed by atoms with Gasteiger partial charge in [0.05, 0.1) is 5.52 Å². The zero-order valence-corrected chi connectivity index (χ0v) is 17.1. The first-order valence-electron chi connectivity index (χ1n) is 8.27. The Bertz CT molecular complexity index is 1190. The number of carbonyl (C=O) groups excluding carboxylic acids is 1. The summed E-state index contributed by atoms with van der Waals surface area (Å²) in [5, 5.41) is -0.212. The molecule has 0 aliphatic carbocycles. The van der Waals surface area contributed by atoms with Gasteiger partial charge in [-0.3, -0.25) is 4.40 Å². The average Bonchev–Trinajstić information content (AvgIpc) is 3.06. The number of halogens is 1. The molecule has 10 heteroatoms. The summed E-state index contributed by atoms with van der Waals surface area (Å²) in [6.07, 6.45) is 2.57. The van der Waals surface area contributed by atoms with Crippen molar-refractivity contribution in [2.45, 2.75) is 11.8 Å². The predicted molar refractivity (Wildman–Crippen MR) is 103 cm³/mol. The number of hydrogen-bond acceptors (Lipinski definition) is 7. The first-order chi connectivity index (χ1) is 13.3. The molecule has 28 heavy (non-hydrogen) atoms. The summed E-state index contributed by atoms with van der Waals surface area (Å²) < 4.78 is 42.4. The van der Waals surface area contributed by atoms with E-state index >= 15 is 0 Å². The highest BCUT2D eigenvalue weighted by Gasteiger charge is 2.24. The van der Waals surface area contributed by atoms with E-state index in [9.17, 15) is 13.2 Å². The number of ether oxygens (including phenoxy) is 3. The largest absolute Gasteiger partial charge is 0.486 e. The first kappa shape index (κ1) is 18.8. The molecule has 0 spiro atoms. The molecule has 4 rings (SSSR count). The van der Waals surface area contributed by atoms with E-state index in [2.05, 4.69) is 20.9 Å². The minimum atomic E-state index is -3.62. The Morgan fingerprint density at radius 1 is 1.25 bits per heavy atom.